The molecular formula is C12H13N3O3. The first-order chi connectivity index (χ1) is 8.58. The summed E-state index contributed by atoms with van der Waals surface area (Å²) in [5.74, 6) is -1.09. The second kappa shape index (κ2) is 4.87. The van der Waals surface area contributed by atoms with Gasteiger partial charge in [0.25, 0.3) is 5.91 Å². The topological polar surface area (TPSA) is 90.8 Å². The van der Waals surface area contributed by atoms with Crippen LogP contribution < -0.4 is 10.6 Å². The van der Waals surface area contributed by atoms with Crippen molar-refractivity contribution in [1.82, 2.24) is 5.32 Å². The van der Waals surface area contributed by atoms with Crippen molar-refractivity contribution < 1.29 is 14.7 Å². The van der Waals surface area contributed by atoms with Crippen LogP contribution in [-0.2, 0) is 4.79 Å². The molecule has 0 saturated heterocycles. The molecule has 0 aliphatic carbocycles. The molecule has 1 heterocycles. The Hall–Kier alpha value is -2.37. The number of hydrogen-bond acceptors (Lipinski definition) is 4. The van der Waals surface area contributed by atoms with Crippen LogP contribution in [0.25, 0.3) is 0 Å². The number of anilines is 1. The van der Waals surface area contributed by atoms with Crippen LogP contribution in [0.3, 0.4) is 0 Å². The fourth-order valence-corrected chi connectivity index (χ4v) is 1.62. The van der Waals surface area contributed by atoms with Crippen LogP contribution in [-0.4, -0.2) is 35.9 Å². The van der Waals surface area contributed by atoms with Gasteiger partial charge in [-0.05, 0) is 24.6 Å². The van der Waals surface area contributed by atoms with E-state index in [1.54, 1.807) is 13.0 Å². The van der Waals surface area contributed by atoms with Gasteiger partial charge in [0.2, 0.25) is 0 Å². The Bertz CT molecular complexity index is 537. The summed E-state index contributed by atoms with van der Waals surface area (Å²) in [7, 11) is 0. The molecule has 0 saturated carbocycles. The van der Waals surface area contributed by atoms with Gasteiger partial charge in [0.15, 0.2) is 5.84 Å². The SMILES string of the molecule is Cc1ccc(C(=O)O)cc1NC(=O)C1=NCCN1. The van der Waals surface area contributed by atoms with E-state index in [-0.39, 0.29) is 17.3 Å². The van der Waals surface area contributed by atoms with Gasteiger partial charge in [-0.25, -0.2) is 4.79 Å². The van der Waals surface area contributed by atoms with Crippen LogP contribution in [0.2, 0.25) is 0 Å². The van der Waals surface area contributed by atoms with Gasteiger partial charge in [0.1, 0.15) is 0 Å². The summed E-state index contributed by atoms with van der Waals surface area (Å²) in [5.41, 5.74) is 1.42. The molecule has 94 valence electrons. The van der Waals surface area contributed by atoms with Crippen molar-refractivity contribution in [3.05, 3.63) is 29.3 Å². The van der Waals surface area contributed by atoms with Crippen LogP contribution in [0, 0.1) is 6.92 Å². The minimum absolute atomic E-state index is 0.136. The van der Waals surface area contributed by atoms with Gasteiger partial charge < -0.3 is 15.7 Å². The van der Waals surface area contributed by atoms with Gasteiger partial charge in [-0.15, -0.1) is 0 Å². The van der Waals surface area contributed by atoms with Crippen LogP contribution in [0.4, 0.5) is 5.69 Å². The van der Waals surface area contributed by atoms with Gasteiger partial charge >= 0.3 is 5.97 Å². The summed E-state index contributed by atoms with van der Waals surface area (Å²) in [6, 6.07) is 4.59. The summed E-state index contributed by atoms with van der Waals surface area (Å²) in [4.78, 5) is 26.7. The Morgan fingerprint density at radius 2 is 2.22 bits per heavy atom. The molecule has 0 fully saturated rings. The van der Waals surface area contributed by atoms with E-state index in [2.05, 4.69) is 15.6 Å². The maximum atomic E-state index is 11.8. The maximum Gasteiger partial charge on any atom is 0.335 e. The number of rotatable bonds is 3. The lowest BCUT2D eigenvalue weighted by atomic mass is 10.1. The molecule has 1 aromatic rings. The first kappa shape index (κ1) is 12.1. The van der Waals surface area contributed by atoms with E-state index < -0.39 is 5.97 Å². The van der Waals surface area contributed by atoms with Crippen molar-refractivity contribution in [2.75, 3.05) is 18.4 Å². The molecule has 3 N–H and O–H groups in total. The summed E-state index contributed by atoms with van der Waals surface area (Å²) in [6.07, 6.45) is 0. The van der Waals surface area contributed by atoms with Crippen LogP contribution in [0.1, 0.15) is 15.9 Å². The Morgan fingerprint density at radius 1 is 1.44 bits per heavy atom. The van der Waals surface area contributed by atoms with E-state index in [1.807, 2.05) is 0 Å². The number of aromatic carboxylic acids is 1. The molecule has 0 bridgehead atoms. The first-order valence-electron chi connectivity index (χ1n) is 5.51. The number of nitrogens with zero attached hydrogens (tertiary/aromatic N) is 1. The normalized spacial score (nSPS) is 13.7. The number of carboxylic acid groups (broad SMARTS) is 1. The number of nitrogens with one attached hydrogen (secondary N) is 2. The number of aliphatic imine (C=N–C) groups is 1. The average Bonchev–Trinajstić information content (AvgIpc) is 2.85. The largest absolute Gasteiger partial charge is 0.478 e. The van der Waals surface area contributed by atoms with E-state index in [0.29, 0.717) is 18.8 Å². The van der Waals surface area contributed by atoms with E-state index in [1.165, 1.54) is 12.1 Å². The predicted molar refractivity (Wildman–Crippen MR) is 67.1 cm³/mol. The van der Waals surface area contributed by atoms with Crippen LogP contribution >= 0.6 is 0 Å². The van der Waals surface area contributed by atoms with E-state index >= 15 is 0 Å². The Morgan fingerprint density at radius 3 is 2.83 bits per heavy atom. The van der Waals surface area contributed by atoms with Gasteiger partial charge in [0.05, 0.1) is 12.1 Å². The van der Waals surface area contributed by atoms with Gasteiger partial charge in [0, 0.05) is 12.2 Å². The molecule has 0 unspecified atom stereocenters. The van der Waals surface area contributed by atoms with E-state index in [9.17, 15) is 9.59 Å². The summed E-state index contributed by atoms with van der Waals surface area (Å²) >= 11 is 0. The second-order valence-electron chi connectivity index (χ2n) is 3.95. The number of benzene rings is 1. The predicted octanol–water partition coefficient (Wildman–Crippen LogP) is 0.633. The molecule has 0 atom stereocenters. The van der Waals surface area contributed by atoms with Crippen molar-refractivity contribution in [2.24, 2.45) is 4.99 Å². The summed E-state index contributed by atoms with van der Waals surface area (Å²) in [6.45, 7) is 3.03. The Balaban J connectivity index is 2.20. The number of carbonyl (C=O) groups is 2. The molecule has 6 heteroatoms. The quantitative estimate of drug-likeness (QED) is 0.730. The van der Waals surface area contributed by atoms with Gasteiger partial charge in [-0.1, -0.05) is 6.07 Å². The number of aryl methyl sites for hydroxylation is 1. The molecule has 1 amide bonds. The molecule has 0 aromatic heterocycles. The maximum absolute atomic E-state index is 11.8. The number of carboxylic acids is 1. The zero-order valence-electron chi connectivity index (χ0n) is 9.86. The minimum atomic E-state index is -1.03. The number of hydrogen-bond donors (Lipinski definition) is 3. The highest BCUT2D eigenvalue weighted by molar-refractivity contribution is 6.42. The molecule has 1 aliphatic heterocycles. The highest BCUT2D eigenvalue weighted by Gasteiger charge is 2.16. The van der Waals surface area contributed by atoms with Crippen LogP contribution in [0.15, 0.2) is 23.2 Å². The van der Waals surface area contributed by atoms with E-state index in [0.717, 1.165) is 5.56 Å². The molecular weight excluding hydrogens is 234 g/mol. The third-order valence-corrected chi connectivity index (χ3v) is 2.62. The van der Waals surface area contributed by atoms with Crippen molar-refractivity contribution in [1.29, 1.82) is 0 Å². The van der Waals surface area contributed by atoms with Crippen molar-refractivity contribution in [3.8, 4) is 0 Å². The highest BCUT2D eigenvalue weighted by Crippen LogP contribution is 2.17. The monoisotopic (exact) mass is 247 g/mol. The fourth-order valence-electron chi connectivity index (χ4n) is 1.62. The zero-order valence-corrected chi connectivity index (χ0v) is 9.86. The first-order valence-corrected chi connectivity index (χ1v) is 5.51. The van der Waals surface area contributed by atoms with Crippen LogP contribution in [0.5, 0.6) is 0 Å². The molecule has 1 aromatic carbocycles. The minimum Gasteiger partial charge on any atom is -0.478 e. The van der Waals surface area contributed by atoms with Gasteiger partial charge in [-0.2, -0.15) is 0 Å². The molecule has 6 nitrogen and oxygen atoms in total. The highest BCUT2D eigenvalue weighted by atomic mass is 16.4. The lowest BCUT2D eigenvalue weighted by Crippen LogP contribution is -2.32. The molecule has 0 radical (unpaired) electrons. The second-order valence-corrected chi connectivity index (χ2v) is 3.95. The average molecular weight is 247 g/mol. The standard InChI is InChI=1S/C12H13N3O3/c1-7-2-3-8(12(17)18)6-9(7)15-11(16)10-13-4-5-14-10/h2-3,6H,4-5H2,1H3,(H,13,14)(H,15,16)(H,17,18). The summed E-state index contributed by atoms with van der Waals surface area (Å²) < 4.78 is 0. The smallest absolute Gasteiger partial charge is 0.335 e. The molecule has 2 rings (SSSR count). The van der Waals surface area contributed by atoms with Crippen molar-refractivity contribution in [2.45, 2.75) is 6.92 Å². The van der Waals surface area contributed by atoms with E-state index in [4.69, 9.17) is 5.11 Å². The van der Waals surface area contributed by atoms with Crippen molar-refractivity contribution >= 4 is 23.4 Å². The lowest BCUT2D eigenvalue weighted by molar-refractivity contribution is -0.110. The Labute approximate surface area is 104 Å². The third kappa shape index (κ3) is 2.48. The summed E-state index contributed by atoms with van der Waals surface area (Å²) in [5, 5.41) is 14.4. The fraction of sp³-hybridized carbons (Fsp3) is 0.250. The molecule has 1 aliphatic rings. The lowest BCUT2D eigenvalue weighted by Gasteiger charge is -2.09. The number of amides is 1. The number of amidine groups is 1. The third-order valence-electron chi connectivity index (χ3n) is 2.62. The molecule has 0 spiro atoms. The Kier molecular flexibility index (Phi) is 3.27. The zero-order chi connectivity index (χ0) is 13.1. The van der Waals surface area contributed by atoms with Crippen molar-refractivity contribution in [3.63, 3.8) is 0 Å². The molecule has 18 heavy (non-hydrogen) atoms. The number of carbonyl (C=O) groups excluding carboxylic acids is 1. The van der Waals surface area contributed by atoms with Gasteiger partial charge in [-0.3, -0.25) is 9.79 Å².